The molecule has 0 amide bonds. The first-order chi connectivity index (χ1) is 10.2. The summed E-state index contributed by atoms with van der Waals surface area (Å²) in [4.78, 5) is 2.11. The summed E-state index contributed by atoms with van der Waals surface area (Å²) in [5.74, 6) is 1.45. The van der Waals surface area contributed by atoms with Crippen LogP contribution < -0.4 is 14.4 Å². The first-order valence-corrected chi connectivity index (χ1v) is 6.60. The summed E-state index contributed by atoms with van der Waals surface area (Å²) in [6, 6.07) is 15.5. The summed E-state index contributed by atoms with van der Waals surface area (Å²) in [6.45, 7) is 0.742. The fourth-order valence-corrected chi connectivity index (χ4v) is 2.13. The third-order valence-electron chi connectivity index (χ3n) is 3.30. The maximum atomic E-state index is 8.82. The second kappa shape index (κ2) is 6.67. The lowest BCUT2D eigenvalue weighted by Crippen LogP contribution is -2.16. The molecule has 2 aromatic carbocycles. The number of nitrogens with zero attached hydrogens (tertiary/aromatic N) is 2. The lowest BCUT2D eigenvalue weighted by molar-refractivity contribution is 0.354. The fraction of sp³-hybridized carbons (Fsp3) is 0.235. The maximum absolute atomic E-state index is 8.82. The molecule has 2 rings (SSSR count). The fourth-order valence-electron chi connectivity index (χ4n) is 2.13. The van der Waals surface area contributed by atoms with Gasteiger partial charge in [0.15, 0.2) is 11.5 Å². The number of anilines is 1. The van der Waals surface area contributed by atoms with E-state index in [4.69, 9.17) is 14.7 Å². The van der Waals surface area contributed by atoms with E-state index < -0.39 is 0 Å². The van der Waals surface area contributed by atoms with Gasteiger partial charge in [-0.2, -0.15) is 5.26 Å². The molecule has 21 heavy (non-hydrogen) atoms. The molecule has 0 saturated carbocycles. The summed E-state index contributed by atoms with van der Waals surface area (Å²) in [6.07, 6.45) is 0. The summed E-state index contributed by atoms with van der Waals surface area (Å²) < 4.78 is 10.6. The minimum atomic E-state index is 0.665. The molecule has 4 heteroatoms. The Morgan fingerprint density at radius 2 is 1.67 bits per heavy atom. The number of rotatable bonds is 5. The monoisotopic (exact) mass is 282 g/mol. The highest BCUT2D eigenvalue weighted by Crippen LogP contribution is 2.28. The summed E-state index contributed by atoms with van der Waals surface area (Å²) in [5, 5.41) is 8.82. The molecular formula is C17H18N2O2. The van der Waals surface area contributed by atoms with Crippen LogP contribution in [0, 0.1) is 11.3 Å². The zero-order chi connectivity index (χ0) is 15.2. The van der Waals surface area contributed by atoms with Crippen LogP contribution in [-0.2, 0) is 6.54 Å². The Bertz CT molecular complexity index is 645. The minimum absolute atomic E-state index is 0.665. The molecule has 0 spiro atoms. The molecule has 0 bridgehead atoms. The molecule has 0 saturated heterocycles. The Morgan fingerprint density at radius 1 is 1.00 bits per heavy atom. The Morgan fingerprint density at radius 3 is 2.24 bits per heavy atom. The molecular weight excluding hydrogens is 264 g/mol. The van der Waals surface area contributed by atoms with Crippen molar-refractivity contribution in [3.05, 3.63) is 53.6 Å². The summed E-state index contributed by atoms with van der Waals surface area (Å²) >= 11 is 0. The number of methoxy groups -OCH3 is 2. The number of hydrogen-bond donors (Lipinski definition) is 0. The van der Waals surface area contributed by atoms with Crippen LogP contribution in [0.3, 0.4) is 0 Å². The van der Waals surface area contributed by atoms with E-state index in [1.807, 2.05) is 49.5 Å². The number of ether oxygens (including phenoxy) is 2. The molecule has 0 fully saturated rings. The van der Waals surface area contributed by atoms with Crippen LogP contribution >= 0.6 is 0 Å². The number of hydrogen-bond acceptors (Lipinski definition) is 4. The average molecular weight is 282 g/mol. The molecule has 0 aromatic heterocycles. The molecule has 4 nitrogen and oxygen atoms in total. The smallest absolute Gasteiger partial charge is 0.161 e. The van der Waals surface area contributed by atoms with Gasteiger partial charge in [-0.15, -0.1) is 0 Å². The van der Waals surface area contributed by atoms with Crippen LogP contribution in [0.1, 0.15) is 11.1 Å². The van der Waals surface area contributed by atoms with E-state index in [0.29, 0.717) is 5.56 Å². The zero-order valence-electron chi connectivity index (χ0n) is 12.5. The van der Waals surface area contributed by atoms with Crippen molar-refractivity contribution in [3.63, 3.8) is 0 Å². The second-order valence-electron chi connectivity index (χ2n) is 4.70. The molecule has 108 valence electrons. The van der Waals surface area contributed by atoms with Crippen molar-refractivity contribution >= 4 is 5.69 Å². The van der Waals surface area contributed by atoms with Gasteiger partial charge >= 0.3 is 0 Å². The lowest BCUT2D eigenvalue weighted by atomic mass is 10.1. The molecule has 0 aliphatic rings. The molecule has 0 radical (unpaired) electrons. The zero-order valence-corrected chi connectivity index (χ0v) is 12.5. The van der Waals surface area contributed by atoms with Gasteiger partial charge in [-0.3, -0.25) is 0 Å². The lowest BCUT2D eigenvalue weighted by Gasteiger charge is -2.20. The van der Waals surface area contributed by atoms with Crippen LogP contribution in [0.25, 0.3) is 0 Å². The SMILES string of the molecule is COc1ccc(CN(C)c2ccc(C#N)cc2)cc1OC. The van der Waals surface area contributed by atoms with Gasteiger partial charge in [0.2, 0.25) is 0 Å². The highest BCUT2D eigenvalue weighted by Gasteiger charge is 2.07. The summed E-state index contributed by atoms with van der Waals surface area (Å²) in [5.41, 5.74) is 2.85. The van der Waals surface area contributed by atoms with Gasteiger partial charge in [-0.1, -0.05) is 6.07 Å². The third-order valence-corrected chi connectivity index (χ3v) is 3.30. The van der Waals surface area contributed by atoms with Crippen molar-refractivity contribution in [1.82, 2.24) is 0 Å². The van der Waals surface area contributed by atoms with Gasteiger partial charge in [0.25, 0.3) is 0 Å². The quantitative estimate of drug-likeness (QED) is 0.844. The van der Waals surface area contributed by atoms with Crippen molar-refractivity contribution in [1.29, 1.82) is 5.26 Å². The van der Waals surface area contributed by atoms with Crippen LogP contribution in [-0.4, -0.2) is 21.3 Å². The van der Waals surface area contributed by atoms with Crippen molar-refractivity contribution in [2.24, 2.45) is 0 Å². The highest BCUT2D eigenvalue weighted by atomic mass is 16.5. The van der Waals surface area contributed by atoms with Crippen LogP contribution in [0.5, 0.6) is 11.5 Å². The van der Waals surface area contributed by atoms with Gasteiger partial charge in [-0.05, 0) is 42.0 Å². The molecule has 0 atom stereocenters. The van der Waals surface area contributed by atoms with E-state index in [9.17, 15) is 0 Å². The van der Waals surface area contributed by atoms with E-state index in [2.05, 4.69) is 11.0 Å². The Balaban J connectivity index is 2.15. The Kier molecular flexibility index (Phi) is 4.68. The van der Waals surface area contributed by atoms with E-state index in [0.717, 1.165) is 29.3 Å². The first kappa shape index (κ1) is 14.7. The number of benzene rings is 2. The van der Waals surface area contributed by atoms with E-state index >= 15 is 0 Å². The molecule has 0 aliphatic carbocycles. The predicted molar refractivity (Wildman–Crippen MR) is 82.8 cm³/mol. The van der Waals surface area contributed by atoms with E-state index in [1.165, 1.54) is 0 Å². The normalized spacial score (nSPS) is 9.81. The van der Waals surface area contributed by atoms with Crippen molar-refractivity contribution in [2.75, 3.05) is 26.2 Å². The minimum Gasteiger partial charge on any atom is -0.493 e. The highest BCUT2D eigenvalue weighted by molar-refractivity contribution is 5.50. The molecule has 0 aliphatic heterocycles. The van der Waals surface area contributed by atoms with Gasteiger partial charge in [0, 0.05) is 19.3 Å². The van der Waals surface area contributed by atoms with E-state index in [-0.39, 0.29) is 0 Å². The second-order valence-corrected chi connectivity index (χ2v) is 4.70. The van der Waals surface area contributed by atoms with E-state index in [1.54, 1.807) is 14.2 Å². The first-order valence-electron chi connectivity index (χ1n) is 6.60. The van der Waals surface area contributed by atoms with Crippen molar-refractivity contribution in [3.8, 4) is 17.6 Å². The maximum Gasteiger partial charge on any atom is 0.161 e. The largest absolute Gasteiger partial charge is 0.493 e. The van der Waals surface area contributed by atoms with Gasteiger partial charge < -0.3 is 14.4 Å². The van der Waals surface area contributed by atoms with Crippen molar-refractivity contribution < 1.29 is 9.47 Å². The molecule has 2 aromatic rings. The molecule has 0 heterocycles. The van der Waals surface area contributed by atoms with Crippen molar-refractivity contribution in [2.45, 2.75) is 6.54 Å². The standard InChI is InChI=1S/C17H18N2O2/c1-19(15-7-4-13(11-18)5-8-15)12-14-6-9-16(20-2)17(10-14)21-3/h4-10H,12H2,1-3H3. The molecule has 0 N–H and O–H groups in total. The topological polar surface area (TPSA) is 45.5 Å². The van der Waals surface area contributed by atoms with Gasteiger partial charge in [-0.25, -0.2) is 0 Å². The van der Waals surface area contributed by atoms with Gasteiger partial charge in [0.1, 0.15) is 0 Å². The van der Waals surface area contributed by atoms with Gasteiger partial charge in [0.05, 0.1) is 25.9 Å². The average Bonchev–Trinajstić information content (AvgIpc) is 2.54. The Hall–Kier alpha value is -2.67. The van der Waals surface area contributed by atoms with Crippen LogP contribution in [0.4, 0.5) is 5.69 Å². The van der Waals surface area contributed by atoms with Crippen LogP contribution in [0.15, 0.2) is 42.5 Å². The number of nitriles is 1. The molecule has 0 unspecified atom stereocenters. The Labute approximate surface area is 125 Å². The predicted octanol–water partition coefficient (Wildman–Crippen LogP) is 3.21. The summed E-state index contributed by atoms with van der Waals surface area (Å²) in [7, 11) is 5.27. The third kappa shape index (κ3) is 3.46. The van der Waals surface area contributed by atoms with Crippen LogP contribution in [0.2, 0.25) is 0 Å².